The molecule has 0 radical (unpaired) electrons. The summed E-state index contributed by atoms with van der Waals surface area (Å²) in [5, 5.41) is 0. The van der Waals surface area contributed by atoms with Crippen molar-refractivity contribution >= 4 is 17.0 Å². The van der Waals surface area contributed by atoms with Crippen LogP contribution < -0.4 is 0 Å². The molecular weight excluding hydrogens is 156 g/mol. The van der Waals surface area contributed by atoms with Gasteiger partial charge < -0.3 is 4.74 Å². The molecule has 1 atom stereocenters. The minimum atomic E-state index is -1.52. The lowest BCUT2D eigenvalue weighted by Crippen LogP contribution is -2.13. The van der Waals surface area contributed by atoms with E-state index in [0.29, 0.717) is 6.61 Å². The molecule has 1 unspecified atom stereocenters. The van der Waals surface area contributed by atoms with Crippen LogP contribution in [0.2, 0.25) is 0 Å². The first-order chi connectivity index (χ1) is 4.70. The van der Waals surface area contributed by atoms with E-state index in [9.17, 15) is 9.00 Å². The SMILES string of the molecule is CCOS(=O)CC(=O)OC. The minimum absolute atomic E-state index is 0.190. The third kappa shape index (κ3) is 4.46. The molecule has 0 aromatic heterocycles. The Morgan fingerprint density at radius 2 is 2.20 bits per heavy atom. The second-order valence-corrected chi connectivity index (χ2v) is 2.56. The average Bonchev–Trinajstić information content (AvgIpc) is 1.88. The summed E-state index contributed by atoms with van der Waals surface area (Å²) in [4.78, 5) is 10.4. The van der Waals surface area contributed by atoms with Gasteiger partial charge in [0.15, 0.2) is 11.1 Å². The zero-order valence-electron chi connectivity index (χ0n) is 5.96. The van der Waals surface area contributed by atoms with Gasteiger partial charge in [-0.1, -0.05) is 0 Å². The van der Waals surface area contributed by atoms with Crippen molar-refractivity contribution in [3.8, 4) is 0 Å². The molecule has 0 aromatic carbocycles. The molecule has 0 saturated carbocycles. The smallest absolute Gasteiger partial charge is 0.320 e. The lowest BCUT2D eigenvalue weighted by atomic mass is 10.8. The summed E-state index contributed by atoms with van der Waals surface area (Å²) in [6.07, 6.45) is 0. The number of hydrogen-bond donors (Lipinski definition) is 0. The molecule has 0 aliphatic rings. The van der Waals surface area contributed by atoms with Crippen molar-refractivity contribution < 1.29 is 17.9 Å². The first-order valence-corrected chi connectivity index (χ1v) is 4.03. The van der Waals surface area contributed by atoms with Crippen LogP contribution >= 0.6 is 0 Å². The van der Waals surface area contributed by atoms with Gasteiger partial charge in [0.05, 0.1) is 13.7 Å². The van der Waals surface area contributed by atoms with Crippen molar-refractivity contribution in [2.75, 3.05) is 19.5 Å². The van der Waals surface area contributed by atoms with Gasteiger partial charge in [-0.2, -0.15) is 0 Å². The van der Waals surface area contributed by atoms with E-state index in [-0.39, 0.29) is 5.75 Å². The summed E-state index contributed by atoms with van der Waals surface area (Å²) in [5.74, 6) is -0.712. The van der Waals surface area contributed by atoms with Crippen molar-refractivity contribution in [2.24, 2.45) is 0 Å². The highest BCUT2D eigenvalue weighted by atomic mass is 32.2. The Labute approximate surface area is 62.2 Å². The maximum absolute atomic E-state index is 10.6. The quantitative estimate of drug-likeness (QED) is 0.545. The normalized spacial score (nSPS) is 12.6. The number of ether oxygens (including phenoxy) is 1. The van der Waals surface area contributed by atoms with Crippen molar-refractivity contribution in [2.45, 2.75) is 6.92 Å². The van der Waals surface area contributed by atoms with Gasteiger partial charge in [-0.3, -0.25) is 8.98 Å². The highest BCUT2D eigenvalue weighted by Crippen LogP contribution is 1.86. The molecule has 60 valence electrons. The van der Waals surface area contributed by atoms with Crippen LogP contribution in [0, 0.1) is 0 Å². The summed E-state index contributed by atoms with van der Waals surface area (Å²) >= 11 is -1.52. The topological polar surface area (TPSA) is 52.6 Å². The first-order valence-electron chi connectivity index (χ1n) is 2.79. The van der Waals surface area contributed by atoms with Gasteiger partial charge in [0, 0.05) is 0 Å². The Morgan fingerprint density at radius 1 is 1.60 bits per heavy atom. The largest absolute Gasteiger partial charge is 0.468 e. The van der Waals surface area contributed by atoms with Gasteiger partial charge in [0.2, 0.25) is 0 Å². The van der Waals surface area contributed by atoms with Crippen LogP contribution in [0.1, 0.15) is 6.92 Å². The van der Waals surface area contributed by atoms with Crippen LogP contribution in [0.25, 0.3) is 0 Å². The fourth-order valence-corrected chi connectivity index (χ4v) is 0.985. The Balaban J connectivity index is 3.47. The van der Waals surface area contributed by atoms with Crippen molar-refractivity contribution in [1.82, 2.24) is 0 Å². The van der Waals surface area contributed by atoms with E-state index in [4.69, 9.17) is 0 Å². The van der Waals surface area contributed by atoms with Crippen LogP contribution in [-0.2, 0) is 24.8 Å². The van der Waals surface area contributed by atoms with Gasteiger partial charge in [-0.05, 0) is 6.92 Å². The summed E-state index contributed by atoms with van der Waals surface area (Å²) in [7, 11) is 1.24. The van der Waals surface area contributed by atoms with E-state index in [1.807, 2.05) is 0 Å². The molecule has 0 spiro atoms. The predicted molar refractivity (Wildman–Crippen MR) is 36.7 cm³/mol. The van der Waals surface area contributed by atoms with E-state index in [2.05, 4.69) is 8.92 Å². The van der Waals surface area contributed by atoms with Crippen LogP contribution in [-0.4, -0.2) is 29.6 Å². The fourth-order valence-electron chi connectivity index (χ4n) is 0.328. The van der Waals surface area contributed by atoms with Crippen LogP contribution in [0.4, 0.5) is 0 Å². The molecule has 5 heteroatoms. The molecule has 0 saturated heterocycles. The molecule has 0 heterocycles. The Hall–Kier alpha value is -0.420. The highest BCUT2D eigenvalue weighted by Gasteiger charge is 2.06. The summed E-state index contributed by atoms with van der Waals surface area (Å²) in [5.41, 5.74) is 0. The minimum Gasteiger partial charge on any atom is -0.468 e. The van der Waals surface area contributed by atoms with Gasteiger partial charge >= 0.3 is 5.97 Å². The number of carbonyl (C=O) groups is 1. The Bertz CT molecular complexity index is 134. The van der Waals surface area contributed by atoms with E-state index in [0.717, 1.165) is 0 Å². The fraction of sp³-hybridized carbons (Fsp3) is 0.800. The molecule has 0 aliphatic heterocycles. The molecule has 0 rings (SSSR count). The summed E-state index contributed by atoms with van der Waals surface area (Å²) < 4.78 is 19.4. The molecule has 0 amide bonds. The zero-order valence-corrected chi connectivity index (χ0v) is 6.77. The first kappa shape index (κ1) is 9.58. The number of esters is 1. The summed E-state index contributed by atoms with van der Waals surface area (Å²) in [6, 6.07) is 0. The molecule has 10 heavy (non-hydrogen) atoms. The molecule has 0 bridgehead atoms. The lowest BCUT2D eigenvalue weighted by molar-refractivity contribution is -0.137. The Morgan fingerprint density at radius 3 is 2.60 bits per heavy atom. The third-order valence-electron chi connectivity index (χ3n) is 0.713. The van der Waals surface area contributed by atoms with Gasteiger partial charge in [-0.25, -0.2) is 4.21 Å². The van der Waals surface area contributed by atoms with Crippen molar-refractivity contribution in [3.05, 3.63) is 0 Å². The van der Waals surface area contributed by atoms with E-state index >= 15 is 0 Å². The van der Waals surface area contributed by atoms with Crippen molar-refractivity contribution in [1.29, 1.82) is 0 Å². The van der Waals surface area contributed by atoms with Gasteiger partial charge in [-0.15, -0.1) is 0 Å². The van der Waals surface area contributed by atoms with Crippen LogP contribution in [0.3, 0.4) is 0 Å². The number of hydrogen-bond acceptors (Lipinski definition) is 4. The molecule has 0 aromatic rings. The second-order valence-electron chi connectivity index (χ2n) is 1.43. The molecule has 0 N–H and O–H groups in total. The van der Waals surface area contributed by atoms with Gasteiger partial charge in [0.1, 0.15) is 5.75 Å². The van der Waals surface area contributed by atoms with Crippen molar-refractivity contribution in [3.63, 3.8) is 0 Å². The molecule has 0 fully saturated rings. The Kier molecular flexibility index (Phi) is 5.15. The van der Waals surface area contributed by atoms with Crippen LogP contribution in [0.5, 0.6) is 0 Å². The monoisotopic (exact) mass is 166 g/mol. The average molecular weight is 166 g/mol. The predicted octanol–water partition coefficient (Wildman–Crippen LogP) is -0.140. The number of methoxy groups -OCH3 is 1. The molecule has 4 nitrogen and oxygen atoms in total. The van der Waals surface area contributed by atoms with E-state index < -0.39 is 17.0 Å². The standard InChI is InChI=1S/C5H10O4S/c1-3-9-10(7)4-5(6)8-2/h3-4H2,1-2H3. The highest BCUT2D eigenvalue weighted by molar-refractivity contribution is 7.80. The molecule has 0 aliphatic carbocycles. The second kappa shape index (κ2) is 5.37. The maximum atomic E-state index is 10.6. The van der Waals surface area contributed by atoms with Crippen LogP contribution in [0.15, 0.2) is 0 Å². The zero-order chi connectivity index (χ0) is 7.98. The lowest BCUT2D eigenvalue weighted by Gasteiger charge is -1.97. The number of carbonyl (C=O) groups excluding carboxylic acids is 1. The number of rotatable bonds is 4. The van der Waals surface area contributed by atoms with E-state index in [1.54, 1.807) is 6.92 Å². The van der Waals surface area contributed by atoms with Gasteiger partial charge in [0.25, 0.3) is 0 Å². The summed E-state index contributed by atoms with van der Waals surface area (Å²) in [6.45, 7) is 2.04. The maximum Gasteiger partial charge on any atom is 0.320 e. The molecular formula is C5H10O4S. The third-order valence-corrected chi connectivity index (χ3v) is 1.68. The van der Waals surface area contributed by atoms with E-state index in [1.165, 1.54) is 7.11 Å².